The Kier molecular flexibility index (Phi) is 5.57. The Labute approximate surface area is 121 Å². The first kappa shape index (κ1) is 16.5. The smallest absolute Gasteiger partial charge is 0.346 e. The van der Waals surface area contributed by atoms with Crippen molar-refractivity contribution < 1.29 is 14.3 Å². The highest BCUT2D eigenvalue weighted by Crippen LogP contribution is 2.22. The summed E-state index contributed by atoms with van der Waals surface area (Å²) in [4.78, 5) is 11.4. The molecule has 4 nitrogen and oxygen atoms in total. The van der Waals surface area contributed by atoms with Gasteiger partial charge in [-0.2, -0.15) is 0 Å². The molecule has 0 aliphatic carbocycles. The molecular formula is C16H25NO3. The van der Waals surface area contributed by atoms with Gasteiger partial charge in [-0.05, 0) is 40.7 Å². The summed E-state index contributed by atoms with van der Waals surface area (Å²) in [5.74, 6) is 0.338. The molecule has 0 aliphatic rings. The average molecular weight is 279 g/mol. The van der Waals surface area contributed by atoms with E-state index in [1.807, 2.05) is 19.1 Å². The molecule has 1 N–H and O–H groups in total. The number of esters is 1. The van der Waals surface area contributed by atoms with Crippen LogP contribution in [0.25, 0.3) is 0 Å². The molecule has 0 spiro atoms. The third-order valence-electron chi connectivity index (χ3n) is 2.86. The number of methoxy groups -OCH3 is 1. The van der Waals surface area contributed by atoms with Gasteiger partial charge in [-0.1, -0.05) is 17.7 Å². The molecule has 0 bridgehead atoms. The van der Waals surface area contributed by atoms with E-state index < -0.39 is 6.10 Å². The first-order valence-electron chi connectivity index (χ1n) is 6.82. The van der Waals surface area contributed by atoms with Gasteiger partial charge < -0.3 is 14.8 Å². The fourth-order valence-corrected chi connectivity index (χ4v) is 1.73. The molecule has 1 atom stereocenters. The van der Waals surface area contributed by atoms with Gasteiger partial charge in [0.15, 0.2) is 6.10 Å². The Morgan fingerprint density at radius 3 is 2.55 bits per heavy atom. The minimum Gasteiger partial charge on any atom is -0.479 e. The molecular weight excluding hydrogens is 254 g/mol. The molecule has 112 valence electrons. The third-order valence-corrected chi connectivity index (χ3v) is 2.86. The van der Waals surface area contributed by atoms with Crippen LogP contribution in [0.3, 0.4) is 0 Å². The zero-order valence-corrected chi connectivity index (χ0v) is 13.2. The van der Waals surface area contributed by atoms with Crippen LogP contribution in [0.5, 0.6) is 5.75 Å². The predicted molar refractivity (Wildman–Crippen MR) is 79.9 cm³/mol. The first-order chi connectivity index (χ1) is 9.23. The van der Waals surface area contributed by atoms with Gasteiger partial charge in [0, 0.05) is 17.6 Å². The van der Waals surface area contributed by atoms with Crippen LogP contribution >= 0.6 is 0 Å². The lowest BCUT2D eigenvalue weighted by Crippen LogP contribution is -2.35. The largest absolute Gasteiger partial charge is 0.479 e. The molecule has 1 aromatic carbocycles. The topological polar surface area (TPSA) is 47.6 Å². The molecule has 0 radical (unpaired) electrons. The third kappa shape index (κ3) is 5.21. The van der Waals surface area contributed by atoms with Gasteiger partial charge in [0.1, 0.15) is 5.75 Å². The Morgan fingerprint density at radius 2 is 2.00 bits per heavy atom. The number of hydrogen-bond acceptors (Lipinski definition) is 4. The molecule has 0 fully saturated rings. The number of hydrogen-bond donors (Lipinski definition) is 1. The fourth-order valence-electron chi connectivity index (χ4n) is 1.73. The van der Waals surface area contributed by atoms with Crippen LogP contribution in [0.1, 0.15) is 38.8 Å². The van der Waals surface area contributed by atoms with E-state index in [1.54, 1.807) is 6.92 Å². The lowest BCUT2D eigenvalue weighted by atomic mass is 10.1. The van der Waals surface area contributed by atoms with Crippen LogP contribution < -0.4 is 10.1 Å². The Bertz CT molecular complexity index is 463. The second-order valence-corrected chi connectivity index (χ2v) is 6.00. The van der Waals surface area contributed by atoms with Crippen LogP contribution in [-0.2, 0) is 16.1 Å². The van der Waals surface area contributed by atoms with Crippen molar-refractivity contribution in [2.45, 2.75) is 52.8 Å². The lowest BCUT2D eigenvalue weighted by Gasteiger charge is -2.22. The summed E-state index contributed by atoms with van der Waals surface area (Å²) in [5, 5.41) is 3.43. The molecule has 1 rings (SSSR count). The molecule has 0 heterocycles. The van der Waals surface area contributed by atoms with E-state index in [9.17, 15) is 4.79 Å². The number of ether oxygens (including phenoxy) is 2. The SMILES string of the molecule is COC(=O)C(C)Oc1ccc(C)cc1CNC(C)(C)C. The highest BCUT2D eigenvalue weighted by molar-refractivity contribution is 5.74. The average Bonchev–Trinajstić information content (AvgIpc) is 2.36. The zero-order chi connectivity index (χ0) is 15.3. The van der Waals surface area contributed by atoms with Crippen molar-refractivity contribution in [3.63, 3.8) is 0 Å². The van der Waals surface area contributed by atoms with E-state index in [0.717, 1.165) is 11.1 Å². The van der Waals surface area contributed by atoms with Gasteiger partial charge >= 0.3 is 5.97 Å². The standard InChI is InChI=1S/C16H25NO3/c1-11-7-8-14(20-12(2)15(18)19-6)13(9-11)10-17-16(3,4)5/h7-9,12,17H,10H2,1-6H3. The highest BCUT2D eigenvalue weighted by atomic mass is 16.6. The van der Waals surface area contributed by atoms with Gasteiger partial charge in [-0.15, -0.1) is 0 Å². The highest BCUT2D eigenvalue weighted by Gasteiger charge is 2.17. The summed E-state index contributed by atoms with van der Waals surface area (Å²) in [6, 6.07) is 5.94. The maximum Gasteiger partial charge on any atom is 0.346 e. The number of aryl methyl sites for hydroxylation is 1. The number of benzene rings is 1. The van der Waals surface area contributed by atoms with Crippen LogP contribution in [0.2, 0.25) is 0 Å². The number of nitrogens with one attached hydrogen (secondary N) is 1. The fraction of sp³-hybridized carbons (Fsp3) is 0.562. The maximum absolute atomic E-state index is 11.4. The Balaban J connectivity index is 2.87. The summed E-state index contributed by atoms with van der Waals surface area (Å²) in [5.41, 5.74) is 2.22. The quantitative estimate of drug-likeness (QED) is 0.842. The van der Waals surface area contributed by atoms with Crippen molar-refractivity contribution in [2.75, 3.05) is 7.11 Å². The van der Waals surface area contributed by atoms with Crippen molar-refractivity contribution in [1.82, 2.24) is 5.32 Å². The number of carbonyl (C=O) groups excluding carboxylic acids is 1. The monoisotopic (exact) mass is 279 g/mol. The van der Waals surface area contributed by atoms with Crippen molar-refractivity contribution in [1.29, 1.82) is 0 Å². The van der Waals surface area contributed by atoms with Crippen molar-refractivity contribution in [3.8, 4) is 5.75 Å². The van der Waals surface area contributed by atoms with Gasteiger partial charge in [0.25, 0.3) is 0 Å². The summed E-state index contributed by atoms with van der Waals surface area (Å²) >= 11 is 0. The van der Waals surface area contributed by atoms with E-state index >= 15 is 0 Å². The van der Waals surface area contributed by atoms with Gasteiger partial charge in [0.2, 0.25) is 0 Å². The second-order valence-electron chi connectivity index (χ2n) is 6.00. The summed E-state index contributed by atoms with van der Waals surface area (Å²) in [7, 11) is 1.36. The first-order valence-corrected chi connectivity index (χ1v) is 6.82. The van der Waals surface area contributed by atoms with Gasteiger partial charge in [-0.3, -0.25) is 0 Å². The molecule has 0 amide bonds. The zero-order valence-electron chi connectivity index (χ0n) is 13.2. The van der Waals surface area contributed by atoms with Crippen molar-refractivity contribution in [3.05, 3.63) is 29.3 Å². The summed E-state index contributed by atoms with van der Waals surface area (Å²) < 4.78 is 10.4. The molecule has 0 saturated carbocycles. The number of rotatable bonds is 5. The van der Waals surface area contributed by atoms with E-state index in [0.29, 0.717) is 12.3 Å². The molecule has 20 heavy (non-hydrogen) atoms. The molecule has 0 aromatic heterocycles. The van der Waals surface area contributed by atoms with E-state index in [-0.39, 0.29) is 11.5 Å². The molecule has 0 saturated heterocycles. The molecule has 1 aromatic rings. The van der Waals surface area contributed by atoms with Crippen molar-refractivity contribution >= 4 is 5.97 Å². The van der Waals surface area contributed by atoms with E-state index in [4.69, 9.17) is 4.74 Å². The maximum atomic E-state index is 11.4. The van der Waals surface area contributed by atoms with Gasteiger partial charge in [0.05, 0.1) is 7.11 Å². The van der Waals surface area contributed by atoms with Crippen LogP contribution in [0, 0.1) is 6.92 Å². The normalized spacial score (nSPS) is 12.9. The Hall–Kier alpha value is -1.55. The predicted octanol–water partition coefficient (Wildman–Crippen LogP) is 2.82. The second kappa shape index (κ2) is 6.75. The lowest BCUT2D eigenvalue weighted by molar-refractivity contribution is -0.147. The molecule has 4 heteroatoms. The summed E-state index contributed by atoms with van der Waals surface area (Å²) in [6.07, 6.45) is -0.615. The molecule has 0 aliphatic heterocycles. The van der Waals surface area contributed by atoms with Crippen molar-refractivity contribution in [2.24, 2.45) is 0 Å². The minimum absolute atomic E-state index is 0.0228. The van der Waals surface area contributed by atoms with E-state index in [1.165, 1.54) is 7.11 Å². The van der Waals surface area contributed by atoms with Gasteiger partial charge in [-0.25, -0.2) is 4.79 Å². The minimum atomic E-state index is -0.615. The number of carbonyl (C=O) groups is 1. The van der Waals surface area contributed by atoms with Crippen LogP contribution in [0.4, 0.5) is 0 Å². The van der Waals surface area contributed by atoms with E-state index in [2.05, 4.69) is 36.9 Å². The van der Waals surface area contributed by atoms with Crippen LogP contribution in [-0.4, -0.2) is 24.7 Å². The molecule has 1 unspecified atom stereocenters. The summed E-state index contributed by atoms with van der Waals surface area (Å²) in [6.45, 7) is 10.7. The Morgan fingerprint density at radius 1 is 1.35 bits per heavy atom. The van der Waals surface area contributed by atoms with Crippen LogP contribution in [0.15, 0.2) is 18.2 Å².